The third-order valence-electron chi connectivity index (χ3n) is 5.56. The van der Waals surface area contributed by atoms with E-state index in [9.17, 15) is 4.79 Å². The number of carbonyl (C=O) groups excluding carboxylic acids is 1. The first-order valence-electron chi connectivity index (χ1n) is 8.93. The summed E-state index contributed by atoms with van der Waals surface area (Å²) in [6.07, 6.45) is 4.30. The molecule has 2 amide bonds. The minimum Gasteiger partial charge on any atom is -0.461 e. The van der Waals surface area contributed by atoms with Crippen LogP contribution in [0.1, 0.15) is 25.0 Å². The van der Waals surface area contributed by atoms with Gasteiger partial charge in [-0.15, -0.1) is 0 Å². The van der Waals surface area contributed by atoms with E-state index in [0.29, 0.717) is 18.6 Å². The molecular formula is C19H25N3O2. The normalized spacial score (nSPS) is 24.3. The molecule has 0 spiro atoms. The maximum absolute atomic E-state index is 12.5. The van der Waals surface area contributed by atoms with Gasteiger partial charge in [0.1, 0.15) is 11.3 Å². The maximum atomic E-state index is 12.5. The van der Waals surface area contributed by atoms with E-state index in [2.05, 4.69) is 23.3 Å². The smallest absolute Gasteiger partial charge is 0.317 e. The van der Waals surface area contributed by atoms with Crippen LogP contribution in [0.3, 0.4) is 0 Å². The number of amides is 2. The first kappa shape index (κ1) is 15.5. The molecule has 2 fully saturated rings. The Labute approximate surface area is 142 Å². The number of likely N-dealkylation sites (tertiary alicyclic amines) is 1. The average molecular weight is 327 g/mol. The molecule has 0 unspecified atom stereocenters. The molecule has 2 atom stereocenters. The summed E-state index contributed by atoms with van der Waals surface area (Å²) < 4.78 is 5.80. The van der Waals surface area contributed by atoms with Crippen LogP contribution in [0.25, 0.3) is 11.0 Å². The van der Waals surface area contributed by atoms with Crippen molar-refractivity contribution in [2.45, 2.75) is 37.8 Å². The van der Waals surface area contributed by atoms with Crippen LogP contribution in [0.5, 0.6) is 0 Å². The van der Waals surface area contributed by atoms with Gasteiger partial charge in [-0.1, -0.05) is 18.2 Å². The fraction of sp³-hybridized carbons (Fsp3) is 0.526. The van der Waals surface area contributed by atoms with Crippen LogP contribution in [-0.2, 0) is 6.42 Å². The van der Waals surface area contributed by atoms with Gasteiger partial charge in [-0.2, -0.15) is 0 Å². The number of rotatable bonds is 3. The zero-order chi connectivity index (χ0) is 16.5. The number of hydrogen-bond acceptors (Lipinski definition) is 3. The van der Waals surface area contributed by atoms with Gasteiger partial charge >= 0.3 is 6.03 Å². The highest BCUT2D eigenvalue weighted by molar-refractivity contribution is 5.77. The predicted molar refractivity (Wildman–Crippen MR) is 94.1 cm³/mol. The number of furan rings is 1. The average Bonchev–Trinajstić information content (AvgIpc) is 3.07. The molecule has 128 valence electrons. The van der Waals surface area contributed by atoms with Gasteiger partial charge in [0.25, 0.3) is 0 Å². The fourth-order valence-electron chi connectivity index (χ4n) is 4.06. The van der Waals surface area contributed by atoms with Crippen molar-refractivity contribution in [3.63, 3.8) is 0 Å². The molecule has 1 aromatic carbocycles. The van der Waals surface area contributed by atoms with Crippen molar-refractivity contribution >= 4 is 17.0 Å². The largest absolute Gasteiger partial charge is 0.461 e. The van der Waals surface area contributed by atoms with E-state index in [1.165, 1.54) is 12.8 Å². The van der Waals surface area contributed by atoms with Crippen LogP contribution < -0.4 is 5.32 Å². The van der Waals surface area contributed by atoms with Gasteiger partial charge in [-0.25, -0.2) is 4.79 Å². The van der Waals surface area contributed by atoms with Gasteiger partial charge in [0.05, 0.1) is 0 Å². The van der Waals surface area contributed by atoms with Crippen molar-refractivity contribution < 1.29 is 9.21 Å². The Balaban J connectivity index is 1.30. The molecule has 0 radical (unpaired) electrons. The van der Waals surface area contributed by atoms with Crippen LogP contribution in [0.4, 0.5) is 4.79 Å². The molecule has 0 saturated carbocycles. The van der Waals surface area contributed by atoms with Gasteiger partial charge < -0.3 is 14.6 Å². The number of para-hydroxylation sites is 1. The first-order chi connectivity index (χ1) is 11.7. The van der Waals surface area contributed by atoms with Crippen molar-refractivity contribution in [2.75, 3.05) is 26.7 Å². The lowest BCUT2D eigenvalue weighted by Crippen LogP contribution is -2.45. The molecule has 5 heteroatoms. The van der Waals surface area contributed by atoms with Crippen LogP contribution in [0.2, 0.25) is 0 Å². The van der Waals surface area contributed by atoms with E-state index in [-0.39, 0.29) is 6.03 Å². The Kier molecular flexibility index (Phi) is 4.19. The van der Waals surface area contributed by atoms with Gasteiger partial charge in [-0.3, -0.25) is 4.90 Å². The van der Waals surface area contributed by atoms with E-state index in [4.69, 9.17) is 4.42 Å². The predicted octanol–water partition coefficient (Wildman–Crippen LogP) is 2.85. The molecule has 2 aromatic rings. The van der Waals surface area contributed by atoms with Crippen molar-refractivity contribution in [3.05, 3.63) is 36.1 Å². The zero-order valence-corrected chi connectivity index (χ0v) is 14.2. The van der Waals surface area contributed by atoms with Crippen LogP contribution in [-0.4, -0.2) is 54.6 Å². The van der Waals surface area contributed by atoms with Crippen LogP contribution in [0.15, 0.2) is 34.7 Å². The number of nitrogens with zero attached hydrogens (tertiary/aromatic N) is 2. The molecule has 2 aliphatic heterocycles. The molecule has 2 saturated heterocycles. The molecule has 3 heterocycles. The second kappa shape index (κ2) is 6.48. The van der Waals surface area contributed by atoms with Crippen molar-refractivity contribution in [3.8, 4) is 0 Å². The number of urea groups is 1. The summed E-state index contributed by atoms with van der Waals surface area (Å²) >= 11 is 0. The van der Waals surface area contributed by atoms with E-state index >= 15 is 0 Å². The quantitative estimate of drug-likeness (QED) is 0.943. The Bertz CT molecular complexity index is 693. The third kappa shape index (κ3) is 3.00. The number of likely N-dealkylation sites (N-methyl/N-ethyl adjacent to an activating group) is 1. The monoisotopic (exact) mass is 327 g/mol. The van der Waals surface area contributed by atoms with Crippen LogP contribution in [0, 0.1) is 0 Å². The van der Waals surface area contributed by atoms with E-state index < -0.39 is 0 Å². The standard InChI is InChI=1S/C19H25N3O2/c1-21-15-6-7-16(21)13-22(11-9-15)19(23)20-10-8-17-12-14-4-2-3-5-18(14)24-17/h2-5,12,15-16H,6-11,13H2,1H3,(H,20,23)/t15-,16-/m0/s1. The number of hydrogen-bond donors (Lipinski definition) is 1. The summed E-state index contributed by atoms with van der Waals surface area (Å²) in [5, 5.41) is 4.17. The van der Waals surface area contributed by atoms with Crippen LogP contribution >= 0.6 is 0 Å². The van der Waals surface area contributed by atoms with E-state index in [1.54, 1.807) is 0 Å². The lowest BCUT2D eigenvalue weighted by Gasteiger charge is -2.25. The fourth-order valence-corrected chi connectivity index (χ4v) is 4.06. The SMILES string of the molecule is CN1[C@H]2CC[C@H]1CN(C(=O)NCCc1cc3ccccc3o1)CC2. The molecule has 0 aliphatic carbocycles. The number of carbonyl (C=O) groups is 1. The highest BCUT2D eigenvalue weighted by Gasteiger charge is 2.35. The van der Waals surface area contributed by atoms with E-state index in [0.717, 1.165) is 42.7 Å². The Hall–Kier alpha value is -2.01. The number of fused-ring (bicyclic) bond motifs is 3. The Morgan fingerprint density at radius 3 is 2.96 bits per heavy atom. The maximum Gasteiger partial charge on any atom is 0.317 e. The second-order valence-electron chi connectivity index (χ2n) is 7.02. The van der Waals surface area contributed by atoms with Gasteiger partial charge in [0, 0.05) is 43.5 Å². The minimum atomic E-state index is 0.0621. The number of nitrogens with one attached hydrogen (secondary N) is 1. The van der Waals surface area contributed by atoms with E-state index in [1.807, 2.05) is 29.2 Å². The molecule has 24 heavy (non-hydrogen) atoms. The summed E-state index contributed by atoms with van der Waals surface area (Å²) in [5.41, 5.74) is 0.908. The molecule has 5 nitrogen and oxygen atoms in total. The number of benzene rings is 1. The lowest BCUT2D eigenvalue weighted by molar-refractivity contribution is 0.188. The van der Waals surface area contributed by atoms with Crippen molar-refractivity contribution in [1.82, 2.24) is 15.1 Å². The Morgan fingerprint density at radius 2 is 2.08 bits per heavy atom. The summed E-state index contributed by atoms with van der Waals surface area (Å²) in [6.45, 7) is 2.32. The Morgan fingerprint density at radius 1 is 1.25 bits per heavy atom. The molecule has 4 rings (SSSR count). The molecule has 1 aromatic heterocycles. The summed E-state index contributed by atoms with van der Waals surface area (Å²) in [6, 6.07) is 11.3. The van der Waals surface area contributed by atoms with Gasteiger partial charge in [-0.05, 0) is 38.4 Å². The van der Waals surface area contributed by atoms with Gasteiger partial charge in [0.15, 0.2) is 0 Å². The zero-order valence-electron chi connectivity index (χ0n) is 14.2. The molecular weight excluding hydrogens is 302 g/mol. The van der Waals surface area contributed by atoms with Crippen molar-refractivity contribution in [1.29, 1.82) is 0 Å². The highest BCUT2D eigenvalue weighted by atomic mass is 16.3. The topological polar surface area (TPSA) is 48.7 Å². The minimum absolute atomic E-state index is 0.0621. The summed E-state index contributed by atoms with van der Waals surface area (Å²) in [5.74, 6) is 0.922. The van der Waals surface area contributed by atoms with Gasteiger partial charge in [0.2, 0.25) is 0 Å². The summed E-state index contributed by atoms with van der Waals surface area (Å²) in [7, 11) is 2.20. The first-order valence-corrected chi connectivity index (χ1v) is 8.93. The molecule has 1 N–H and O–H groups in total. The second-order valence-corrected chi connectivity index (χ2v) is 7.02. The van der Waals surface area contributed by atoms with Crippen molar-refractivity contribution in [2.24, 2.45) is 0 Å². The molecule has 2 aliphatic rings. The third-order valence-corrected chi connectivity index (χ3v) is 5.56. The lowest BCUT2D eigenvalue weighted by atomic mass is 10.1. The summed E-state index contributed by atoms with van der Waals surface area (Å²) in [4.78, 5) is 16.9. The molecule has 2 bridgehead atoms. The highest BCUT2D eigenvalue weighted by Crippen LogP contribution is 2.28.